The number of piperazine rings is 1. The van der Waals surface area contributed by atoms with E-state index in [1.807, 2.05) is 35.2 Å². The average Bonchev–Trinajstić information content (AvgIpc) is 2.46. The number of hydrogen-bond donors (Lipinski definition) is 1. The summed E-state index contributed by atoms with van der Waals surface area (Å²) < 4.78 is 0. The van der Waals surface area contributed by atoms with Gasteiger partial charge < -0.3 is 10.2 Å². The van der Waals surface area contributed by atoms with Crippen LogP contribution in [0.3, 0.4) is 0 Å². The highest BCUT2D eigenvalue weighted by molar-refractivity contribution is 6.05. The number of nitrogens with zero attached hydrogens (tertiary/aromatic N) is 2. The SMILES string of the molecule is CC1CNCCN1C(=O)c1nccc2ccccc12.Cl.Cl. The second kappa shape index (κ2) is 7.59. The van der Waals surface area contributed by atoms with Crippen molar-refractivity contribution in [2.24, 2.45) is 0 Å². The van der Waals surface area contributed by atoms with Gasteiger partial charge >= 0.3 is 0 Å². The normalized spacial score (nSPS) is 17.8. The van der Waals surface area contributed by atoms with Gasteiger partial charge in [0.15, 0.2) is 0 Å². The summed E-state index contributed by atoms with van der Waals surface area (Å²) >= 11 is 0. The van der Waals surface area contributed by atoms with Gasteiger partial charge in [0.2, 0.25) is 0 Å². The summed E-state index contributed by atoms with van der Waals surface area (Å²) in [6.07, 6.45) is 1.71. The smallest absolute Gasteiger partial charge is 0.273 e. The Bertz CT molecular complexity index is 615. The minimum atomic E-state index is 0. The summed E-state index contributed by atoms with van der Waals surface area (Å²) in [4.78, 5) is 18.9. The quantitative estimate of drug-likeness (QED) is 0.875. The van der Waals surface area contributed by atoms with E-state index in [2.05, 4.69) is 17.2 Å². The van der Waals surface area contributed by atoms with Crippen LogP contribution in [0.5, 0.6) is 0 Å². The molecule has 1 aromatic carbocycles. The molecule has 1 atom stereocenters. The van der Waals surface area contributed by atoms with Gasteiger partial charge in [-0.3, -0.25) is 9.78 Å². The summed E-state index contributed by atoms with van der Waals surface area (Å²) in [5.74, 6) is 0.0331. The van der Waals surface area contributed by atoms with Crippen LogP contribution in [0.25, 0.3) is 10.8 Å². The van der Waals surface area contributed by atoms with Crippen molar-refractivity contribution in [3.63, 3.8) is 0 Å². The van der Waals surface area contributed by atoms with Crippen molar-refractivity contribution in [3.8, 4) is 0 Å². The van der Waals surface area contributed by atoms with Crippen molar-refractivity contribution in [1.29, 1.82) is 0 Å². The average molecular weight is 328 g/mol. The summed E-state index contributed by atoms with van der Waals surface area (Å²) in [7, 11) is 0. The first-order chi connectivity index (χ1) is 9.27. The summed E-state index contributed by atoms with van der Waals surface area (Å²) in [5, 5.41) is 5.28. The summed E-state index contributed by atoms with van der Waals surface area (Å²) in [5.41, 5.74) is 0.562. The third kappa shape index (κ3) is 3.46. The van der Waals surface area contributed by atoms with E-state index in [4.69, 9.17) is 0 Å². The molecule has 1 aliphatic rings. The number of rotatable bonds is 1. The van der Waals surface area contributed by atoms with E-state index in [9.17, 15) is 4.79 Å². The third-order valence-electron chi connectivity index (χ3n) is 3.64. The zero-order chi connectivity index (χ0) is 13.2. The maximum absolute atomic E-state index is 12.7. The molecule has 3 rings (SSSR count). The molecular weight excluding hydrogens is 309 g/mol. The van der Waals surface area contributed by atoms with Gasteiger partial charge in [0.25, 0.3) is 5.91 Å². The first kappa shape index (κ1) is 17.7. The minimum absolute atomic E-state index is 0. The van der Waals surface area contributed by atoms with Crippen LogP contribution in [0, 0.1) is 0 Å². The standard InChI is InChI=1S/C15H17N3O.2ClH/c1-11-10-16-8-9-18(11)15(19)14-13-5-3-2-4-12(13)6-7-17-14;;/h2-7,11,16H,8-10H2,1H3;2*1H. The molecule has 0 radical (unpaired) electrons. The molecule has 1 unspecified atom stereocenters. The lowest BCUT2D eigenvalue weighted by molar-refractivity contribution is 0.0652. The molecule has 2 heterocycles. The molecule has 1 saturated heterocycles. The van der Waals surface area contributed by atoms with Crippen LogP contribution in [0.4, 0.5) is 0 Å². The first-order valence-electron chi connectivity index (χ1n) is 6.63. The number of aromatic nitrogens is 1. The van der Waals surface area contributed by atoms with Crippen molar-refractivity contribution in [2.45, 2.75) is 13.0 Å². The fourth-order valence-electron chi connectivity index (χ4n) is 2.57. The Morgan fingerprint density at radius 2 is 2.05 bits per heavy atom. The van der Waals surface area contributed by atoms with Gasteiger partial charge in [0.1, 0.15) is 5.69 Å². The van der Waals surface area contributed by atoms with Crippen molar-refractivity contribution in [1.82, 2.24) is 15.2 Å². The number of hydrogen-bond acceptors (Lipinski definition) is 3. The van der Waals surface area contributed by atoms with Crippen LogP contribution in [0.15, 0.2) is 36.5 Å². The number of benzene rings is 1. The lowest BCUT2D eigenvalue weighted by Crippen LogP contribution is -2.52. The summed E-state index contributed by atoms with van der Waals surface area (Å²) in [6, 6.07) is 10.0. The van der Waals surface area contributed by atoms with E-state index in [1.54, 1.807) is 6.20 Å². The van der Waals surface area contributed by atoms with Crippen LogP contribution in [-0.2, 0) is 0 Å². The molecule has 4 nitrogen and oxygen atoms in total. The van der Waals surface area contributed by atoms with Crippen LogP contribution in [0.1, 0.15) is 17.4 Å². The fraction of sp³-hybridized carbons (Fsp3) is 0.333. The molecule has 0 saturated carbocycles. The maximum atomic E-state index is 12.7. The molecule has 0 aliphatic carbocycles. The Morgan fingerprint density at radius 1 is 1.29 bits per heavy atom. The Morgan fingerprint density at radius 3 is 2.81 bits per heavy atom. The molecule has 1 amide bonds. The van der Waals surface area contributed by atoms with Gasteiger partial charge in [-0.25, -0.2) is 0 Å². The van der Waals surface area contributed by atoms with Gasteiger partial charge in [-0.2, -0.15) is 0 Å². The number of amides is 1. The van der Waals surface area contributed by atoms with Crippen molar-refractivity contribution in [2.75, 3.05) is 19.6 Å². The molecule has 1 N–H and O–H groups in total. The molecule has 21 heavy (non-hydrogen) atoms. The molecule has 6 heteroatoms. The number of halogens is 2. The zero-order valence-electron chi connectivity index (χ0n) is 11.8. The van der Waals surface area contributed by atoms with Crippen LogP contribution in [0.2, 0.25) is 0 Å². The predicted octanol–water partition coefficient (Wildman–Crippen LogP) is 2.51. The molecule has 114 valence electrons. The maximum Gasteiger partial charge on any atom is 0.273 e. The zero-order valence-corrected chi connectivity index (χ0v) is 13.4. The minimum Gasteiger partial charge on any atom is -0.332 e. The van der Waals surface area contributed by atoms with Crippen LogP contribution in [-0.4, -0.2) is 41.5 Å². The highest BCUT2D eigenvalue weighted by Crippen LogP contribution is 2.19. The molecule has 2 aromatic rings. The van der Waals surface area contributed by atoms with Crippen molar-refractivity contribution < 1.29 is 4.79 Å². The van der Waals surface area contributed by atoms with E-state index >= 15 is 0 Å². The van der Waals surface area contributed by atoms with E-state index in [1.165, 1.54) is 0 Å². The predicted molar refractivity (Wildman–Crippen MR) is 89.6 cm³/mol. The van der Waals surface area contributed by atoms with E-state index in [-0.39, 0.29) is 36.8 Å². The largest absolute Gasteiger partial charge is 0.332 e. The van der Waals surface area contributed by atoms with Crippen LogP contribution < -0.4 is 5.32 Å². The van der Waals surface area contributed by atoms with Gasteiger partial charge in [-0.05, 0) is 18.4 Å². The molecular formula is C15H19Cl2N3O. The van der Waals surface area contributed by atoms with Gasteiger partial charge in [-0.15, -0.1) is 24.8 Å². The Labute approximate surface area is 136 Å². The second-order valence-corrected chi connectivity index (χ2v) is 4.93. The van der Waals surface area contributed by atoms with Gasteiger partial charge in [-0.1, -0.05) is 24.3 Å². The van der Waals surface area contributed by atoms with Gasteiger partial charge in [0.05, 0.1) is 0 Å². The number of nitrogens with one attached hydrogen (secondary N) is 1. The first-order valence-corrected chi connectivity index (χ1v) is 6.63. The third-order valence-corrected chi connectivity index (χ3v) is 3.64. The Balaban J connectivity index is 0.00000110. The fourth-order valence-corrected chi connectivity index (χ4v) is 2.57. The van der Waals surface area contributed by atoms with E-state index < -0.39 is 0 Å². The summed E-state index contributed by atoms with van der Waals surface area (Å²) in [6.45, 7) is 4.50. The molecule has 1 aromatic heterocycles. The van der Waals surface area contributed by atoms with Crippen LogP contribution >= 0.6 is 24.8 Å². The highest BCUT2D eigenvalue weighted by atomic mass is 35.5. The van der Waals surface area contributed by atoms with Crippen molar-refractivity contribution in [3.05, 3.63) is 42.2 Å². The van der Waals surface area contributed by atoms with E-state index in [0.29, 0.717) is 5.69 Å². The Kier molecular flexibility index (Phi) is 6.40. The number of pyridine rings is 1. The second-order valence-electron chi connectivity index (χ2n) is 4.93. The molecule has 0 spiro atoms. The van der Waals surface area contributed by atoms with E-state index in [0.717, 1.165) is 30.4 Å². The lowest BCUT2D eigenvalue weighted by Gasteiger charge is -2.33. The molecule has 0 bridgehead atoms. The number of fused-ring (bicyclic) bond motifs is 1. The van der Waals surface area contributed by atoms with Gasteiger partial charge in [0, 0.05) is 37.3 Å². The van der Waals surface area contributed by atoms with Crippen molar-refractivity contribution >= 4 is 41.5 Å². The monoisotopic (exact) mass is 327 g/mol. The number of carbonyl (C=O) groups excluding carboxylic acids is 1. The Hall–Kier alpha value is -1.36. The topological polar surface area (TPSA) is 45.2 Å². The molecule has 1 aliphatic heterocycles. The highest BCUT2D eigenvalue weighted by Gasteiger charge is 2.25. The molecule has 1 fully saturated rings. The lowest BCUT2D eigenvalue weighted by atomic mass is 10.1. The number of carbonyl (C=O) groups is 1.